The Morgan fingerprint density at radius 2 is 2.07 bits per heavy atom. The van der Waals surface area contributed by atoms with Crippen LogP contribution in [-0.4, -0.2) is 19.2 Å². The minimum absolute atomic E-state index is 0.00981. The molecule has 1 rings (SSSR count). The molecule has 0 bridgehead atoms. The Labute approximate surface area is 89.0 Å². The van der Waals surface area contributed by atoms with Gasteiger partial charge in [0.25, 0.3) is 0 Å². The number of halogens is 1. The van der Waals surface area contributed by atoms with E-state index in [1.165, 1.54) is 0 Å². The zero-order valence-electron chi connectivity index (χ0n) is 8.80. The Kier molecular flexibility index (Phi) is 3.72. The van der Waals surface area contributed by atoms with E-state index in [4.69, 9.17) is 21.1 Å². The summed E-state index contributed by atoms with van der Waals surface area (Å²) in [6.45, 7) is 3.89. The smallest absolute Gasteiger partial charge is 0.217 e. The van der Waals surface area contributed by atoms with Crippen molar-refractivity contribution in [3.05, 3.63) is 22.3 Å². The topological polar surface area (TPSA) is 31.4 Å². The van der Waals surface area contributed by atoms with Crippen molar-refractivity contribution in [1.82, 2.24) is 4.98 Å². The van der Waals surface area contributed by atoms with Crippen molar-refractivity contribution >= 4 is 11.6 Å². The van der Waals surface area contributed by atoms with Crippen LogP contribution in [-0.2, 0) is 4.74 Å². The number of aromatic nitrogens is 1. The van der Waals surface area contributed by atoms with Gasteiger partial charge in [0, 0.05) is 12.7 Å². The first-order chi connectivity index (χ1) is 6.60. The standard InChI is InChI=1S/C10H14ClNO2/c1-6-8(7(2)13-3)5-9(11)12-10(6)14-4/h5,7H,1-4H3. The molecule has 0 aliphatic heterocycles. The highest BCUT2D eigenvalue weighted by atomic mass is 35.5. The molecule has 1 aromatic rings. The maximum absolute atomic E-state index is 5.86. The normalized spacial score (nSPS) is 12.6. The molecule has 1 atom stereocenters. The molecule has 3 nitrogen and oxygen atoms in total. The average Bonchev–Trinajstić information content (AvgIpc) is 2.19. The van der Waals surface area contributed by atoms with Crippen molar-refractivity contribution in [2.24, 2.45) is 0 Å². The van der Waals surface area contributed by atoms with Gasteiger partial charge >= 0.3 is 0 Å². The van der Waals surface area contributed by atoms with Gasteiger partial charge < -0.3 is 9.47 Å². The third kappa shape index (κ3) is 2.16. The molecule has 0 aliphatic rings. The van der Waals surface area contributed by atoms with E-state index < -0.39 is 0 Å². The Bertz CT molecular complexity index is 328. The monoisotopic (exact) mass is 215 g/mol. The lowest BCUT2D eigenvalue weighted by molar-refractivity contribution is 0.118. The quantitative estimate of drug-likeness (QED) is 0.727. The van der Waals surface area contributed by atoms with Crippen molar-refractivity contribution in [3.8, 4) is 5.88 Å². The SMILES string of the molecule is COc1nc(Cl)cc(C(C)OC)c1C. The first-order valence-electron chi connectivity index (χ1n) is 4.34. The van der Waals surface area contributed by atoms with Crippen molar-refractivity contribution in [2.75, 3.05) is 14.2 Å². The van der Waals surface area contributed by atoms with Gasteiger partial charge in [-0.2, -0.15) is 0 Å². The van der Waals surface area contributed by atoms with Crippen LogP contribution in [0.1, 0.15) is 24.2 Å². The van der Waals surface area contributed by atoms with Crippen molar-refractivity contribution in [2.45, 2.75) is 20.0 Å². The first-order valence-corrected chi connectivity index (χ1v) is 4.71. The molecule has 0 radical (unpaired) electrons. The fraction of sp³-hybridized carbons (Fsp3) is 0.500. The first kappa shape index (κ1) is 11.3. The minimum atomic E-state index is -0.00981. The summed E-state index contributed by atoms with van der Waals surface area (Å²) in [7, 11) is 3.23. The van der Waals surface area contributed by atoms with Gasteiger partial charge in [-0.15, -0.1) is 0 Å². The van der Waals surface area contributed by atoms with Crippen LogP contribution >= 0.6 is 11.6 Å². The van der Waals surface area contributed by atoms with Gasteiger partial charge in [0.2, 0.25) is 5.88 Å². The van der Waals surface area contributed by atoms with Gasteiger partial charge in [-0.1, -0.05) is 11.6 Å². The van der Waals surface area contributed by atoms with Crippen LogP contribution in [0.4, 0.5) is 0 Å². The molecule has 1 aromatic heterocycles. The molecule has 0 aliphatic carbocycles. The van der Waals surface area contributed by atoms with E-state index in [1.807, 2.05) is 13.8 Å². The summed E-state index contributed by atoms with van der Waals surface area (Å²) in [5.41, 5.74) is 1.97. The van der Waals surface area contributed by atoms with Crippen LogP contribution in [0.5, 0.6) is 5.88 Å². The highest BCUT2D eigenvalue weighted by Gasteiger charge is 2.13. The Hall–Kier alpha value is -0.800. The molecule has 14 heavy (non-hydrogen) atoms. The molecule has 0 N–H and O–H groups in total. The van der Waals surface area contributed by atoms with Crippen LogP contribution in [0.25, 0.3) is 0 Å². The van der Waals surface area contributed by atoms with E-state index in [0.717, 1.165) is 11.1 Å². The number of nitrogens with zero attached hydrogens (tertiary/aromatic N) is 1. The van der Waals surface area contributed by atoms with E-state index in [9.17, 15) is 0 Å². The highest BCUT2D eigenvalue weighted by Crippen LogP contribution is 2.28. The predicted molar refractivity (Wildman–Crippen MR) is 56.0 cm³/mol. The van der Waals surface area contributed by atoms with Gasteiger partial charge in [0.05, 0.1) is 13.2 Å². The molecule has 0 amide bonds. The summed E-state index contributed by atoms with van der Waals surface area (Å²) < 4.78 is 10.3. The number of pyridine rings is 1. The second-order valence-corrected chi connectivity index (χ2v) is 3.43. The zero-order valence-corrected chi connectivity index (χ0v) is 9.55. The summed E-state index contributed by atoms with van der Waals surface area (Å²) in [6.07, 6.45) is -0.00981. The second-order valence-electron chi connectivity index (χ2n) is 3.05. The molecule has 78 valence electrons. The Morgan fingerprint density at radius 3 is 2.57 bits per heavy atom. The Balaban J connectivity index is 3.21. The van der Waals surface area contributed by atoms with Crippen LogP contribution in [0, 0.1) is 6.92 Å². The molecule has 0 saturated heterocycles. The summed E-state index contributed by atoms with van der Waals surface area (Å²) in [6, 6.07) is 1.80. The molecule has 1 unspecified atom stereocenters. The van der Waals surface area contributed by atoms with Crippen molar-refractivity contribution in [1.29, 1.82) is 0 Å². The summed E-state index contributed by atoms with van der Waals surface area (Å²) in [5.74, 6) is 0.552. The van der Waals surface area contributed by atoms with Crippen LogP contribution < -0.4 is 4.74 Å². The van der Waals surface area contributed by atoms with Gasteiger partial charge in [0.15, 0.2) is 0 Å². The fourth-order valence-corrected chi connectivity index (χ4v) is 1.52. The lowest BCUT2D eigenvalue weighted by Crippen LogP contribution is -2.02. The van der Waals surface area contributed by atoms with E-state index in [-0.39, 0.29) is 6.10 Å². The van der Waals surface area contributed by atoms with E-state index in [0.29, 0.717) is 11.0 Å². The summed E-state index contributed by atoms with van der Waals surface area (Å²) in [5, 5.41) is 0.423. The Morgan fingerprint density at radius 1 is 1.43 bits per heavy atom. The number of hydrogen-bond donors (Lipinski definition) is 0. The number of ether oxygens (including phenoxy) is 2. The average molecular weight is 216 g/mol. The molecule has 4 heteroatoms. The van der Waals surface area contributed by atoms with Gasteiger partial charge in [0.1, 0.15) is 5.15 Å². The van der Waals surface area contributed by atoms with Gasteiger partial charge in [-0.25, -0.2) is 4.98 Å². The van der Waals surface area contributed by atoms with E-state index in [1.54, 1.807) is 20.3 Å². The van der Waals surface area contributed by atoms with Crippen LogP contribution in [0.15, 0.2) is 6.07 Å². The van der Waals surface area contributed by atoms with Crippen LogP contribution in [0.3, 0.4) is 0 Å². The third-order valence-electron chi connectivity index (χ3n) is 2.22. The lowest BCUT2D eigenvalue weighted by Gasteiger charge is -2.15. The molecule has 0 saturated carbocycles. The maximum Gasteiger partial charge on any atom is 0.217 e. The molecular weight excluding hydrogens is 202 g/mol. The maximum atomic E-state index is 5.86. The molecule has 0 spiro atoms. The number of methoxy groups -OCH3 is 2. The van der Waals surface area contributed by atoms with Gasteiger partial charge in [-0.3, -0.25) is 0 Å². The zero-order chi connectivity index (χ0) is 10.7. The largest absolute Gasteiger partial charge is 0.481 e. The van der Waals surface area contributed by atoms with E-state index >= 15 is 0 Å². The minimum Gasteiger partial charge on any atom is -0.481 e. The third-order valence-corrected chi connectivity index (χ3v) is 2.42. The second kappa shape index (κ2) is 4.62. The summed E-state index contributed by atoms with van der Waals surface area (Å²) in [4.78, 5) is 4.06. The molecule has 1 heterocycles. The van der Waals surface area contributed by atoms with E-state index in [2.05, 4.69) is 4.98 Å². The summed E-state index contributed by atoms with van der Waals surface area (Å²) >= 11 is 5.86. The fourth-order valence-electron chi connectivity index (χ4n) is 1.32. The van der Waals surface area contributed by atoms with Crippen LogP contribution in [0.2, 0.25) is 5.15 Å². The molecule has 0 fully saturated rings. The molecular formula is C10H14ClNO2. The highest BCUT2D eigenvalue weighted by molar-refractivity contribution is 6.29. The number of hydrogen-bond acceptors (Lipinski definition) is 3. The van der Waals surface area contributed by atoms with Gasteiger partial charge in [-0.05, 0) is 25.5 Å². The number of rotatable bonds is 3. The lowest BCUT2D eigenvalue weighted by atomic mass is 10.1. The molecule has 0 aromatic carbocycles. The van der Waals surface area contributed by atoms with Crippen molar-refractivity contribution in [3.63, 3.8) is 0 Å². The predicted octanol–water partition coefficient (Wildman–Crippen LogP) is 2.76. The van der Waals surface area contributed by atoms with Crippen molar-refractivity contribution < 1.29 is 9.47 Å².